The molecule has 2 N–H and O–H groups in total. The van der Waals surface area contributed by atoms with Crippen molar-refractivity contribution in [3.8, 4) is 17.3 Å². The number of aromatic amines is 1. The molecule has 9 nitrogen and oxygen atoms in total. The standard InChI is InChI=1S/C32H35N6O3P/c1-21-17-35-31(36-25-12-10-22(2)38(19-25)32(39)41-20-23-8-4-3-5-9-23)37-28(21)27-18-34-29-26(27)13-11-24(16-33)30(29)42(40)14-6-7-15-42/h3-5,8-9,11,13,17-18,22,25,34H,6-7,10,12,14-15,19-20H2,1-2H3,(H,35,36,37)/t22-,25-/m0/s1. The van der Waals surface area contributed by atoms with Crippen molar-refractivity contribution in [3.05, 3.63) is 71.5 Å². The Morgan fingerprint density at radius 2 is 1.98 bits per heavy atom. The first-order chi connectivity index (χ1) is 20.4. The summed E-state index contributed by atoms with van der Waals surface area (Å²) in [6.45, 7) is 4.74. The molecule has 10 heteroatoms. The summed E-state index contributed by atoms with van der Waals surface area (Å²) < 4.78 is 19.5. The zero-order valence-electron chi connectivity index (χ0n) is 24.0. The maximum Gasteiger partial charge on any atom is 0.410 e. The maximum absolute atomic E-state index is 13.9. The number of likely N-dealkylation sites (tertiary alicyclic amines) is 1. The highest BCUT2D eigenvalue weighted by atomic mass is 31.2. The third-order valence-electron chi connectivity index (χ3n) is 8.53. The minimum Gasteiger partial charge on any atom is -0.445 e. The molecule has 0 unspecified atom stereocenters. The number of anilines is 1. The highest BCUT2D eigenvalue weighted by Crippen LogP contribution is 2.53. The van der Waals surface area contributed by atoms with Gasteiger partial charge in [-0.25, -0.2) is 14.8 Å². The van der Waals surface area contributed by atoms with Crippen LogP contribution in [0.5, 0.6) is 0 Å². The van der Waals surface area contributed by atoms with E-state index in [4.69, 9.17) is 9.72 Å². The van der Waals surface area contributed by atoms with Crippen molar-refractivity contribution in [2.75, 3.05) is 24.2 Å². The molecule has 0 radical (unpaired) electrons. The zero-order chi connectivity index (χ0) is 29.3. The van der Waals surface area contributed by atoms with Gasteiger partial charge in [0, 0.05) is 54.3 Å². The number of hydrogen-bond acceptors (Lipinski definition) is 7. The molecule has 216 valence electrons. The van der Waals surface area contributed by atoms with Gasteiger partial charge >= 0.3 is 6.09 Å². The quantitative estimate of drug-likeness (QED) is 0.260. The molecule has 0 saturated carbocycles. The number of piperidine rings is 1. The molecule has 2 fully saturated rings. The Labute approximate surface area is 245 Å². The summed E-state index contributed by atoms with van der Waals surface area (Å²) in [5.41, 5.74) is 4.77. The van der Waals surface area contributed by atoms with Crippen molar-refractivity contribution in [2.45, 2.75) is 58.2 Å². The third-order valence-corrected chi connectivity index (χ3v) is 11.9. The summed E-state index contributed by atoms with van der Waals surface area (Å²) in [5, 5.41) is 14.9. The lowest BCUT2D eigenvalue weighted by Crippen LogP contribution is -2.50. The van der Waals surface area contributed by atoms with Gasteiger partial charge in [0.15, 0.2) is 0 Å². The Kier molecular flexibility index (Phi) is 7.74. The van der Waals surface area contributed by atoms with Gasteiger partial charge in [-0.05, 0) is 56.7 Å². The van der Waals surface area contributed by atoms with Gasteiger partial charge in [-0.3, -0.25) is 0 Å². The molecular formula is C32H35N6O3P. The smallest absolute Gasteiger partial charge is 0.410 e. The normalized spacial score (nSPS) is 19.9. The summed E-state index contributed by atoms with van der Waals surface area (Å²) in [6.07, 6.45) is 8.22. The van der Waals surface area contributed by atoms with Crippen LogP contribution in [0.2, 0.25) is 0 Å². The summed E-state index contributed by atoms with van der Waals surface area (Å²) in [5.74, 6) is 0.486. The number of nitrogens with one attached hydrogen (secondary N) is 2. The van der Waals surface area contributed by atoms with Crippen molar-refractivity contribution in [1.29, 1.82) is 5.26 Å². The van der Waals surface area contributed by atoms with Crippen molar-refractivity contribution in [1.82, 2.24) is 19.9 Å². The van der Waals surface area contributed by atoms with Crippen LogP contribution >= 0.6 is 7.14 Å². The van der Waals surface area contributed by atoms with E-state index >= 15 is 0 Å². The molecule has 2 aliphatic rings. The SMILES string of the molecule is Cc1cnc(N[C@H]2CC[C@H](C)N(C(=O)OCc3ccccc3)C2)nc1-c1c[nH]c2c(P3(=O)CCCC3)c(C#N)ccc12. The van der Waals surface area contributed by atoms with Gasteiger partial charge in [0.1, 0.15) is 13.7 Å². The molecule has 4 aromatic rings. The predicted octanol–water partition coefficient (Wildman–Crippen LogP) is 6.19. The maximum atomic E-state index is 13.9. The number of H-pyrrole nitrogens is 1. The van der Waals surface area contributed by atoms with Crippen LogP contribution in [0.4, 0.5) is 10.7 Å². The molecule has 2 saturated heterocycles. The minimum absolute atomic E-state index is 0.0266. The Morgan fingerprint density at radius 1 is 1.19 bits per heavy atom. The second kappa shape index (κ2) is 11.6. The van der Waals surface area contributed by atoms with Crippen LogP contribution in [-0.4, -0.2) is 56.9 Å². The summed E-state index contributed by atoms with van der Waals surface area (Å²) in [6, 6.07) is 15.7. The monoisotopic (exact) mass is 582 g/mol. The van der Waals surface area contributed by atoms with Crippen molar-refractivity contribution < 1.29 is 14.1 Å². The second-order valence-electron chi connectivity index (χ2n) is 11.4. The number of nitrogens with zero attached hydrogens (tertiary/aromatic N) is 4. The summed E-state index contributed by atoms with van der Waals surface area (Å²) >= 11 is 0. The molecular weight excluding hydrogens is 547 g/mol. The van der Waals surface area contributed by atoms with Crippen LogP contribution in [0.25, 0.3) is 22.2 Å². The lowest BCUT2D eigenvalue weighted by atomic mass is 10.00. The number of hydrogen-bond donors (Lipinski definition) is 2. The van der Waals surface area contributed by atoms with Crippen LogP contribution in [0, 0.1) is 18.3 Å². The largest absolute Gasteiger partial charge is 0.445 e. The third kappa shape index (κ3) is 5.39. The number of carbonyl (C=O) groups is 1. The topological polar surface area (TPSA) is 124 Å². The predicted molar refractivity (Wildman–Crippen MR) is 164 cm³/mol. The molecule has 42 heavy (non-hydrogen) atoms. The van der Waals surface area contributed by atoms with Crippen LogP contribution in [0.3, 0.4) is 0 Å². The molecule has 2 aromatic heterocycles. The summed E-state index contributed by atoms with van der Waals surface area (Å²) in [4.78, 5) is 27.5. The van der Waals surface area contributed by atoms with Crippen molar-refractivity contribution >= 4 is 35.4 Å². The number of amides is 1. The molecule has 2 aromatic carbocycles. The van der Waals surface area contributed by atoms with Gasteiger partial charge < -0.3 is 24.5 Å². The van der Waals surface area contributed by atoms with Gasteiger partial charge in [-0.1, -0.05) is 36.4 Å². The lowest BCUT2D eigenvalue weighted by molar-refractivity contribution is 0.0695. The number of aromatic nitrogens is 3. The van der Waals surface area contributed by atoms with Gasteiger partial charge in [0.25, 0.3) is 0 Å². The lowest BCUT2D eigenvalue weighted by Gasteiger charge is -2.37. The van der Waals surface area contributed by atoms with Crippen LogP contribution < -0.4 is 10.6 Å². The van der Waals surface area contributed by atoms with E-state index in [-0.39, 0.29) is 24.8 Å². The van der Waals surface area contributed by atoms with E-state index in [0.29, 0.717) is 35.7 Å². The molecule has 0 aliphatic carbocycles. The highest BCUT2D eigenvalue weighted by Gasteiger charge is 2.34. The van der Waals surface area contributed by atoms with Crippen LogP contribution in [0.1, 0.15) is 49.3 Å². The average molecular weight is 583 g/mol. The second-order valence-corrected chi connectivity index (χ2v) is 14.5. The highest BCUT2D eigenvalue weighted by molar-refractivity contribution is 7.72. The summed E-state index contributed by atoms with van der Waals surface area (Å²) in [7, 11) is -2.63. The van der Waals surface area contributed by atoms with Crippen molar-refractivity contribution in [3.63, 3.8) is 0 Å². The van der Waals surface area contributed by atoms with Gasteiger partial charge in [0.2, 0.25) is 5.95 Å². The number of aryl methyl sites for hydroxylation is 1. The number of rotatable bonds is 6. The van der Waals surface area contributed by atoms with E-state index in [0.717, 1.165) is 59.0 Å². The molecule has 0 bridgehead atoms. The van der Waals surface area contributed by atoms with E-state index in [1.807, 2.05) is 56.4 Å². The number of benzene rings is 2. The van der Waals surface area contributed by atoms with Gasteiger partial charge in [-0.15, -0.1) is 0 Å². The molecule has 2 aliphatic heterocycles. The average Bonchev–Trinajstić information content (AvgIpc) is 3.64. The Bertz CT molecular complexity index is 1700. The Morgan fingerprint density at radius 3 is 2.74 bits per heavy atom. The number of nitriles is 1. The number of carbonyl (C=O) groups excluding carboxylic acids is 1. The van der Waals surface area contributed by atoms with Crippen LogP contribution in [-0.2, 0) is 15.9 Å². The first-order valence-corrected chi connectivity index (χ1v) is 16.6. The molecule has 1 amide bonds. The van der Waals surface area contributed by atoms with Gasteiger partial charge in [0.05, 0.1) is 28.1 Å². The molecule has 0 spiro atoms. The molecule has 4 heterocycles. The van der Waals surface area contributed by atoms with E-state index in [9.17, 15) is 14.6 Å². The first kappa shape index (κ1) is 28.0. The fourth-order valence-electron chi connectivity index (χ4n) is 6.21. The van der Waals surface area contributed by atoms with E-state index < -0.39 is 7.14 Å². The minimum atomic E-state index is -2.63. The fourth-order valence-corrected chi connectivity index (χ4v) is 9.51. The van der Waals surface area contributed by atoms with E-state index in [2.05, 4.69) is 21.4 Å². The number of ether oxygens (including phenoxy) is 1. The number of fused-ring (bicyclic) bond motifs is 1. The Balaban J connectivity index is 1.23. The van der Waals surface area contributed by atoms with Crippen LogP contribution in [0.15, 0.2) is 54.9 Å². The Hall–Kier alpha value is -4.15. The molecule has 6 rings (SSSR count). The zero-order valence-corrected chi connectivity index (χ0v) is 24.9. The van der Waals surface area contributed by atoms with Crippen molar-refractivity contribution in [2.24, 2.45) is 0 Å². The van der Waals surface area contributed by atoms with Gasteiger partial charge in [-0.2, -0.15) is 5.26 Å². The first-order valence-electron chi connectivity index (χ1n) is 14.6. The fraction of sp³-hybridized carbons (Fsp3) is 0.375. The molecule has 2 atom stereocenters. The van der Waals surface area contributed by atoms with E-state index in [1.165, 1.54) is 0 Å². The van der Waals surface area contributed by atoms with E-state index in [1.54, 1.807) is 17.2 Å².